The van der Waals surface area contributed by atoms with Crippen molar-refractivity contribution in [3.8, 4) is 0 Å². The fraction of sp³-hybridized carbons (Fsp3) is 0.389. The molecule has 0 aliphatic carbocycles. The fourth-order valence-electron chi connectivity index (χ4n) is 2.21. The highest BCUT2D eigenvalue weighted by molar-refractivity contribution is 5.87. The fourth-order valence-corrected chi connectivity index (χ4v) is 2.21. The van der Waals surface area contributed by atoms with Crippen molar-refractivity contribution in [2.45, 2.75) is 33.0 Å². The maximum atomic E-state index is 11.8. The second kappa shape index (κ2) is 8.98. The Bertz CT molecular complexity index is 697. The first kappa shape index (κ1) is 18.7. The predicted molar refractivity (Wildman–Crippen MR) is 95.4 cm³/mol. The highest BCUT2D eigenvalue weighted by atomic mass is 16.2. The summed E-state index contributed by atoms with van der Waals surface area (Å²) >= 11 is 0. The molecule has 0 spiro atoms. The van der Waals surface area contributed by atoms with E-state index in [9.17, 15) is 9.59 Å². The first-order valence-electron chi connectivity index (χ1n) is 8.31. The van der Waals surface area contributed by atoms with Crippen LogP contribution < -0.4 is 16.4 Å². The van der Waals surface area contributed by atoms with Gasteiger partial charge in [-0.2, -0.15) is 5.10 Å². The summed E-state index contributed by atoms with van der Waals surface area (Å²) in [5.41, 5.74) is 7.78. The molecular weight excluding hydrogens is 318 g/mol. The summed E-state index contributed by atoms with van der Waals surface area (Å²) in [6, 6.07) is 9.41. The molecule has 2 aromatic rings. The third kappa shape index (κ3) is 6.04. The van der Waals surface area contributed by atoms with Crippen LogP contribution in [0.2, 0.25) is 0 Å². The average Bonchev–Trinajstić information content (AvgIpc) is 3.05. The van der Waals surface area contributed by atoms with Gasteiger partial charge in [0.15, 0.2) is 0 Å². The molecule has 0 fully saturated rings. The minimum Gasteiger partial charge on any atom is -0.350 e. The molecule has 0 saturated heterocycles. The number of nitrogens with zero attached hydrogens (tertiary/aromatic N) is 2. The van der Waals surface area contributed by atoms with Gasteiger partial charge in [-0.3, -0.25) is 14.3 Å². The molecule has 1 aromatic carbocycles. The maximum absolute atomic E-state index is 11.8. The predicted octanol–water partition coefficient (Wildman–Crippen LogP) is 0.647. The van der Waals surface area contributed by atoms with E-state index in [0.29, 0.717) is 13.1 Å². The first-order chi connectivity index (χ1) is 12.0. The van der Waals surface area contributed by atoms with Crippen LogP contribution in [0.25, 0.3) is 0 Å². The van der Waals surface area contributed by atoms with Crippen LogP contribution in [0.4, 0.5) is 0 Å². The SMILES string of the molecule is CC(C)[C@H](N)C(=O)NCC(=O)NCc1cnn(Cc2ccccc2)c1. The lowest BCUT2D eigenvalue weighted by Crippen LogP contribution is -2.47. The van der Waals surface area contributed by atoms with E-state index < -0.39 is 6.04 Å². The highest BCUT2D eigenvalue weighted by Gasteiger charge is 2.17. The zero-order valence-electron chi connectivity index (χ0n) is 14.6. The van der Waals surface area contributed by atoms with Crippen LogP contribution >= 0.6 is 0 Å². The van der Waals surface area contributed by atoms with Crippen molar-refractivity contribution in [3.63, 3.8) is 0 Å². The van der Waals surface area contributed by atoms with E-state index in [1.165, 1.54) is 0 Å². The smallest absolute Gasteiger partial charge is 0.239 e. The number of carbonyl (C=O) groups is 2. The Labute approximate surface area is 147 Å². The Morgan fingerprint density at radius 3 is 2.56 bits per heavy atom. The van der Waals surface area contributed by atoms with E-state index in [1.807, 2.05) is 55.1 Å². The maximum Gasteiger partial charge on any atom is 0.239 e. The van der Waals surface area contributed by atoms with Crippen molar-refractivity contribution >= 4 is 11.8 Å². The molecule has 1 aromatic heterocycles. The van der Waals surface area contributed by atoms with E-state index in [4.69, 9.17) is 5.73 Å². The third-order valence-corrected chi connectivity index (χ3v) is 3.81. The number of amides is 2. The van der Waals surface area contributed by atoms with E-state index in [-0.39, 0.29) is 24.3 Å². The number of nitrogens with two attached hydrogens (primary N) is 1. The number of carbonyl (C=O) groups excluding carboxylic acids is 2. The molecule has 7 nitrogen and oxygen atoms in total. The Hall–Kier alpha value is -2.67. The summed E-state index contributed by atoms with van der Waals surface area (Å²) in [6.45, 7) is 4.67. The van der Waals surface area contributed by atoms with Gasteiger partial charge >= 0.3 is 0 Å². The Kier molecular flexibility index (Phi) is 6.71. The topological polar surface area (TPSA) is 102 Å². The van der Waals surface area contributed by atoms with E-state index >= 15 is 0 Å². The molecule has 7 heteroatoms. The molecule has 0 aliphatic rings. The van der Waals surface area contributed by atoms with Gasteiger partial charge in [-0.1, -0.05) is 44.2 Å². The number of hydrogen-bond donors (Lipinski definition) is 3. The number of nitrogens with one attached hydrogen (secondary N) is 2. The standard InChI is InChI=1S/C18H25N5O2/c1-13(2)17(19)18(25)21-10-16(24)20-8-15-9-22-23(12-15)11-14-6-4-3-5-7-14/h3-7,9,12-13,17H,8,10-11,19H2,1-2H3,(H,20,24)(H,21,25)/t17-/m0/s1. The molecule has 1 atom stereocenters. The Morgan fingerprint density at radius 1 is 1.16 bits per heavy atom. The minimum absolute atomic E-state index is 0.0264. The van der Waals surface area contributed by atoms with Crippen LogP contribution in [-0.4, -0.2) is 34.2 Å². The molecule has 0 unspecified atom stereocenters. The Balaban J connectivity index is 1.74. The van der Waals surface area contributed by atoms with Crippen molar-refractivity contribution in [3.05, 3.63) is 53.9 Å². The van der Waals surface area contributed by atoms with E-state index in [1.54, 1.807) is 6.20 Å². The van der Waals surface area contributed by atoms with Gasteiger partial charge in [0.05, 0.1) is 25.3 Å². The molecule has 4 N–H and O–H groups in total. The molecule has 0 radical (unpaired) electrons. The molecule has 0 bridgehead atoms. The van der Waals surface area contributed by atoms with Gasteiger partial charge in [0.2, 0.25) is 11.8 Å². The quantitative estimate of drug-likeness (QED) is 0.655. The third-order valence-electron chi connectivity index (χ3n) is 3.81. The summed E-state index contributed by atoms with van der Waals surface area (Å²) < 4.78 is 1.82. The summed E-state index contributed by atoms with van der Waals surface area (Å²) in [5.74, 6) is -0.556. The van der Waals surface area contributed by atoms with Crippen LogP contribution in [0.5, 0.6) is 0 Å². The number of hydrogen-bond acceptors (Lipinski definition) is 4. The molecule has 0 saturated carbocycles. The molecule has 2 rings (SSSR count). The lowest BCUT2D eigenvalue weighted by atomic mass is 10.1. The molecule has 2 amide bonds. The van der Waals surface area contributed by atoms with Gasteiger partial charge in [-0.25, -0.2) is 0 Å². The normalized spacial score (nSPS) is 12.0. The van der Waals surface area contributed by atoms with Crippen molar-refractivity contribution in [1.82, 2.24) is 20.4 Å². The average molecular weight is 343 g/mol. The second-order valence-electron chi connectivity index (χ2n) is 6.30. The summed E-state index contributed by atoms with van der Waals surface area (Å²) in [5, 5.41) is 9.58. The molecule has 25 heavy (non-hydrogen) atoms. The van der Waals surface area contributed by atoms with Gasteiger partial charge in [0.1, 0.15) is 0 Å². The zero-order chi connectivity index (χ0) is 18.2. The van der Waals surface area contributed by atoms with Gasteiger partial charge in [-0.05, 0) is 11.5 Å². The van der Waals surface area contributed by atoms with Gasteiger partial charge in [0, 0.05) is 18.3 Å². The zero-order valence-corrected chi connectivity index (χ0v) is 14.6. The van der Waals surface area contributed by atoms with Crippen LogP contribution in [0.3, 0.4) is 0 Å². The van der Waals surface area contributed by atoms with Crippen LogP contribution in [-0.2, 0) is 22.7 Å². The minimum atomic E-state index is -0.607. The summed E-state index contributed by atoms with van der Waals surface area (Å²) in [7, 11) is 0. The van der Waals surface area contributed by atoms with Crippen molar-refractivity contribution in [2.75, 3.05) is 6.54 Å². The van der Waals surface area contributed by atoms with Crippen LogP contribution in [0, 0.1) is 5.92 Å². The summed E-state index contributed by atoms with van der Waals surface area (Å²) in [4.78, 5) is 23.5. The summed E-state index contributed by atoms with van der Waals surface area (Å²) in [6.07, 6.45) is 3.61. The first-order valence-corrected chi connectivity index (χ1v) is 8.31. The lowest BCUT2D eigenvalue weighted by molar-refractivity contribution is -0.127. The van der Waals surface area contributed by atoms with Gasteiger partial charge in [0.25, 0.3) is 0 Å². The number of aromatic nitrogens is 2. The largest absolute Gasteiger partial charge is 0.350 e. The lowest BCUT2D eigenvalue weighted by Gasteiger charge is -2.15. The van der Waals surface area contributed by atoms with Gasteiger partial charge in [-0.15, -0.1) is 0 Å². The molecule has 134 valence electrons. The van der Waals surface area contributed by atoms with Crippen molar-refractivity contribution in [1.29, 1.82) is 0 Å². The second-order valence-corrected chi connectivity index (χ2v) is 6.30. The van der Waals surface area contributed by atoms with Crippen molar-refractivity contribution in [2.24, 2.45) is 11.7 Å². The molecule has 1 heterocycles. The molecular formula is C18H25N5O2. The Morgan fingerprint density at radius 2 is 1.88 bits per heavy atom. The molecule has 0 aliphatic heterocycles. The van der Waals surface area contributed by atoms with Crippen LogP contribution in [0.1, 0.15) is 25.0 Å². The van der Waals surface area contributed by atoms with Gasteiger partial charge < -0.3 is 16.4 Å². The van der Waals surface area contributed by atoms with E-state index in [0.717, 1.165) is 11.1 Å². The van der Waals surface area contributed by atoms with Crippen LogP contribution in [0.15, 0.2) is 42.7 Å². The van der Waals surface area contributed by atoms with Crippen molar-refractivity contribution < 1.29 is 9.59 Å². The monoisotopic (exact) mass is 343 g/mol. The van der Waals surface area contributed by atoms with E-state index in [2.05, 4.69) is 15.7 Å². The number of rotatable bonds is 8. The highest BCUT2D eigenvalue weighted by Crippen LogP contribution is 2.04. The number of benzene rings is 1.